The van der Waals surface area contributed by atoms with Crippen molar-refractivity contribution < 1.29 is 0 Å². The van der Waals surface area contributed by atoms with Gasteiger partial charge in [-0.05, 0) is 37.8 Å². The first-order valence-corrected chi connectivity index (χ1v) is 3.89. The molecule has 0 bridgehead atoms. The molecule has 0 amide bonds. The van der Waals surface area contributed by atoms with Crippen molar-refractivity contribution in [2.45, 2.75) is 13.8 Å². The second kappa shape index (κ2) is 3.35. The van der Waals surface area contributed by atoms with Crippen LogP contribution in [0.15, 0.2) is 29.8 Å². The van der Waals surface area contributed by atoms with E-state index >= 15 is 0 Å². The summed E-state index contributed by atoms with van der Waals surface area (Å²) in [7, 11) is 0. The van der Waals surface area contributed by atoms with E-state index in [1.54, 1.807) is 0 Å². The van der Waals surface area contributed by atoms with Gasteiger partial charge in [-0.3, -0.25) is 4.99 Å². The highest BCUT2D eigenvalue weighted by Gasteiger charge is 2.03. The summed E-state index contributed by atoms with van der Waals surface area (Å²) in [6.45, 7) is 11.5. The monoisotopic (exact) mass is 159 g/mol. The van der Waals surface area contributed by atoms with Crippen LogP contribution in [0.5, 0.6) is 0 Å². The van der Waals surface area contributed by atoms with Gasteiger partial charge in [0.25, 0.3) is 0 Å². The summed E-state index contributed by atoms with van der Waals surface area (Å²) in [6.07, 6.45) is 0. The van der Waals surface area contributed by atoms with Crippen LogP contribution < -0.4 is 0 Å². The molecule has 0 N–H and O–H groups in total. The second-order valence-corrected chi connectivity index (χ2v) is 2.91. The number of benzene rings is 1. The maximum absolute atomic E-state index is 3.94. The van der Waals surface area contributed by atoms with E-state index in [-0.39, 0.29) is 0 Å². The van der Waals surface area contributed by atoms with Crippen molar-refractivity contribution in [2.24, 2.45) is 4.99 Å². The maximum Gasteiger partial charge on any atom is 0.0699 e. The highest BCUT2D eigenvalue weighted by atomic mass is 14.7. The maximum atomic E-state index is 3.94. The van der Waals surface area contributed by atoms with Crippen molar-refractivity contribution in [1.82, 2.24) is 0 Å². The van der Waals surface area contributed by atoms with Crippen molar-refractivity contribution in [3.05, 3.63) is 35.9 Å². The fraction of sp³-hybridized carbons (Fsp3) is 0.182. The molecule has 0 heterocycles. The third-order valence-electron chi connectivity index (χ3n) is 1.85. The van der Waals surface area contributed by atoms with Crippen molar-refractivity contribution in [3.63, 3.8) is 0 Å². The summed E-state index contributed by atoms with van der Waals surface area (Å²) in [6, 6.07) is 5.98. The molecule has 0 aliphatic heterocycles. The Morgan fingerprint density at radius 1 is 1.42 bits per heavy atom. The van der Waals surface area contributed by atoms with Gasteiger partial charge in [0.2, 0.25) is 0 Å². The Morgan fingerprint density at radius 2 is 2.08 bits per heavy atom. The number of aliphatic imine (C=N–C) groups is 1. The summed E-state index contributed by atoms with van der Waals surface area (Å²) in [5.41, 5.74) is 4.28. The molecule has 1 rings (SSSR count). The van der Waals surface area contributed by atoms with Gasteiger partial charge in [0.05, 0.1) is 5.69 Å². The molecule has 0 spiro atoms. The Bertz CT molecular complexity index is 324. The molecule has 1 aromatic carbocycles. The molecule has 62 valence electrons. The molecule has 0 saturated heterocycles. The van der Waals surface area contributed by atoms with E-state index in [0.29, 0.717) is 0 Å². The van der Waals surface area contributed by atoms with Gasteiger partial charge in [0, 0.05) is 5.56 Å². The Kier molecular flexibility index (Phi) is 2.44. The zero-order valence-electron chi connectivity index (χ0n) is 7.59. The third-order valence-corrected chi connectivity index (χ3v) is 1.85. The average Bonchev–Trinajstić information content (AvgIpc) is 2.03. The van der Waals surface area contributed by atoms with Crippen LogP contribution in [0.1, 0.15) is 18.1 Å². The van der Waals surface area contributed by atoms with Crippen LogP contribution >= 0.6 is 0 Å². The smallest absolute Gasteiger partial charge is 0.0699 e. The summed E-state index contributed by atoms with van der Waals surface area (Å²) in [5, 5.41) is 0. The van der Waals surface area contributed by atoms with Crippen LogP contribution in [0.25, 0.3) is 5.57 Å². The zero-order valence-corrected chi connectivity index (χ0v) is 7.59. The Morgan fingerprint density at radius 3 is 2.50 bits per heavy atom. The zero-order chi connectivity index (χ0) is 9.14. The molecule has 12 heavy (non-hydrogen) atoms. The molecule has 0 aliphatic carbocycles. The number of allylic oxidation sites excluding steroid dienone is 1. The van der Waals surface area contributed by atoms with E-state index in [9.17, 15) is 0 Å². The molecular weight excluding hydrogens is 146 g/mol. The fourth-order valence-electron chi connectivity index (χ4n) is 1.34. The Labute approximate surface area is 73.5 Å². The normalized spacial score (nSPS) is 9.50. The molecular formula is C11H13N. The first kappa shape index (κ1) is 8.72. The van der Waals surface area contributed by atoms with E-state index in [0.717, 1.165) is 16.8 Å². The average molecular weight is 159 g/mol. The lowest BCUT2D eigenvalue weighted by atomic mass is 10.0. The molecule has 1 nitrogen and oxygen atoms in total. The molecule has 0 saturated carbocycles. The molecule has 1 heteroatoms. The van der Waals surface area contributed by atoms with Crippen LogP contribution in [0.2, 0.25) is 0 Å². The SMILES string of the molecule is C=Nc1cccc(C)c1C(=C)C. The largest absolute Gasteiger partial charge is 0.264 e. The molecule has 0 aliphatic rings. The van der Waals surface area contributed by atoms with Gasteiger partial charge in [0.1, 0.15) is 0 Å². The quantitative estimate of drug-likeness (QED) is 0.587. The first-order valence-electron chi connectivity index (χ1n) is 3.89. The van der Waals surface area contributed by atoms with Crippen molar-refractivity contribution in [2.75, 3.05) is 0 Å². The Hall–Kier alpha value is -1.37. The van der Waals surface area contributed by atoms with Gasteiger partial charge < -0.3 is 0 Å². The molecule has 0 atom stereocenters. The lowest BCUT2D eigenvalue weighted by molar-refractivity contribution is 1.38. The minimum absolute atomic E-state index is 0.919. The van der Waals surface area contributed by atoms with E-state index in [1.165, 1.54) is 5.56 Å². The number of aryl methyl sites for hydroxylation is 1. The van der Waals surface area contributed by atoms with Crippen LogP contribution in [0.3, 0.4) is 0 Å². The summed E-state index contributed by atoms with van der Waals surface area (Å²) in [5.74, 6) is 0. The summed E-state index contributed by atoms with van der Waals surface area (Å²) < 4.78 is 0. The standard InChI is InChI=1S/C11H13N/c1-8(2)11-9(3)6-5-7-10(11)12-4/h5-7H,1,4H2,2-3H3. The summed E-state index contributed by atoms with van der Waals surface area (Å²) >= 11 is 0. The van der Waals surface area contributed by atoms with Crippen molar-refractivity contribution in [3.8, 4) is 0 Å². The number of hydrogen-bond donors (Lipinski definition) is 0. The van der Waals surface area contributed by atoms with Crippen LogP contribution in [0, 0.1) is 6.92 Å². The fourth-order valence-corrected chi connectivity index (χ4v) is 1.34. The topological polar surface area (TPSA) is 12.4 Å². The predicted molar refractivity (Wildman–Crippen MR) is 55.1 cm³/mol. The van der Waals surface area contributed by atoms with Crippen LogP contribution in [-0.2, 0) is 0 Å². The van der Waals surface area contributed by atoms with Crippen molar-refractivity contribution >= 4 is 18.0 Å². The van der Waals surface area contributed by atoms with E-state index < -0.39 is 0 Å². The van der Waals surface area contributed by atoms with E-state index in [4.69, 9.17) is 0 Å². The van der Waals surface area contributed by atoms with Gasteiger partial charge in [0.15, 0.2) is 0 Å². The summed E-state index contributed by atoms with van der Waals surface area (Å²) in [4.78, 5) is 3.94. The van der Waals surface area contributed by atoms with E-state index in [1.807, 2.05) is 19.1 Å². The second-order valence-electron chi connectivity index (χ2n) is 2.91. The Balaban J connectivity index is 3.39. The van der Waals surface area contributed by atoms with E-state index in [2.05, 4.69) is 31.3 Å². The molecule has 1 aromatic rings. The third kappa shape index (κ3) is 1.45. The number of nitrogens with zero attached hydrogens (tertiary/aromatic N) is 1. The highest BCUT2D eigenvalue weighted by molar-refractivity contribution is 5.75. The minimum Gasteiger partial charge on any atom is -0.264 e. The van der Waals surface area contributed by atoms with Gasteiger partial charge in [-0.15, -0.1) is 0 Å². The molecule has 0 fully saturated rings. The van der Waals surface area contributed by atoms with Gasteiger partial charge in [-0.25, -0.2) is 0 Å². The van der Waals surface area contributed by atoms with Gasteiger partial charge in [-0.2, -0.15) is 0 Å². The van der Waals surface area contributed by atoms with Crippen LogP contribution in [-0.4, -0.2) is 6.72 Å². The lowest BCUT2D eigenvalue weighted by Gasteiger charge is -2.07. The van der Waals surface area contributed by atoms with Gasteiger partial charge >= 0.3 is 0 Å². The van der Waals surface area contributed by atoms with Crippen LogP contribution in [0.4, 0.5) is 5.69 Å². The number of hydrogen-bond acceptors (Lipinski definition) is 1. The van der Waals surface area contributed by atoms with Gasteiger partial charge in [-0.1, -0.05) is 18.7 Å². The molecule has 0 unspecified atom stereocenters. The number of rotatable bonds is 2. The lowest BCUT2D eigenvalue weighted by Crippen LogP contribution is -1.84. The first-order chi connectivity index (χ1) is 5.66. The minimum atomic E-state index is 0.919. The highest BCUT2D eigenvalue weighted by Crippen LogP contribution is 2.27. The van der Waals surface area contributed by atoms with Crippen molar-refractivity contribution in [1.29, 1.82) is 0 Å². The predicted octanol–water partition coefficient (Wildman–Crippen LogP) is 3.36. The molecule has 0 radical (unpaired) electrons. The molecule has 0 aromatic heterocycles.